The number of hydrogen-bond acceptors (Lipinski definition) is 3. The molecule has 0 saturated carbocycles. The molecule has 1 aromatic rings. The van der Waals surface area contributed by atoms with Crippen molar-refractivity contribution in [2.24, 2.45) is 0 Å². The molecule has 1 saturated heterocycles. The Kier molecular flexibility index (Phi) is 5.52. The monoisotopic (exact) mass is 372 g/mol. The van der Waals surface area contributed by atoms with E-state index in [2.05, 4.69) is 15.9 Å². The Balaban J connectivity index is 2.05. The number of carbonyl (C=O) groups excluding carboxylic acids is 1. The number of amides is 2. The zero-order valence-corrected chi connectivity index (χ0v) is 14.1. The van der Waals surface area contributed by atoms with Crippen molar-refractivity contribution in [1.29, 1.82) is 0 Å². The summed E-state index contributed by atoms with van der Waals surface area (Å²) in [5.74, 6) is 0.290. The first-order chi connectivity index (χ1) is 9.99. The summed E-state index contributed by atoms with van der Waals surface area (Å²) in [6.07, 6.45) is 0. The molecule has 0 spiro atoms. The number of carbonyl (C=O) groups is 2. The highest BCUT2D eigenvalue weighted by Crippen LogP contribution is 2.19. The van der Waals surface area contributed by atoms with Crippen LogP contribution in [0.15, 0.2) is 28.7 Å². The maximum Gasteiger partial charge on any atom is 0.327 e. The molecule has 1 atom stereocenters. The second-order valence-corrected chi connectivity index (χ2v) is 6.96. The number of hydrogen-bond donors (Lipinski definition) is 1. The highest BCUT2D eigenvalue weighted by Gasteiger charge is 2.33. The number of thioether (sulfide) groups is 1. The summed E-state index contributed by atoms with van der Waals surface area (Å²) in [5, 5.41) is 9.23. The van der Waals surface area contributed by atoms with Crippen LogP contribution < -0.4 is 0 Å². The zero-order valence-electron chi connectivity index (χ0n) is 11.7. The van der Waals surface area contributed by atoms with E-state index >= 15 is 0 Å². The molecule has 0 radical (unpaired) electrons. The average molecular weight is 373 g/mol. The van der Waals surface area contributed by atoms with E-state index in [0.29, 0.717) is 18.8 Å². The normalized spacial score (nSPS) is 18.4. The first-order valence-electron chi connectivity index (χ1n) is 6.56. The van der Waals surface area contributed by atoms with Crippen molar-refractivity contribution in [2.45, 2.75) is 12.6 Å². The second-order valence-electron chi connectivity index (χ2n) is 4.89. The van der Waals surface area contributed by atoms with Crippen molar-refractivity contribution >= 4 is 39.7 Å². The number of rotatable bonds is 3. The molecule has 1 aliphatic heterocycles. The van der Waals surface area contributed by atoms with Gasteiger partial charge >= 0.3 is 12.0 Å². The third-order valence-electron chi connectivity index (χ3n) is 3.29. The smallest absolute Gasteiger partial charge is 0.327 e. The van der Waals surface area contributed by atoms with Crippen molar-refractivity contribution in [1.82, 2.24) is 9.80 Å². The molecule has 1 fully saturated rings. The minimum absolute atomic E-state index is 0.234. The topological polar surface area (TPSA) is 60.9 Å². The van der Waals surface area contributed by atoms with Crippen molar-refractivity contribution < 1.29 is 14.7 Å². The van der Waals surface area contributed by atoms with Crippen LogP contribution in [-0.4, -0.2) is 58.0 Å². The van der Waals surface area contributed by atoms with Crippen LogP contribution in [0.3, 0.4) is 0 Å². The fraction of sp³-hybridized carbons (Fsp3) is 0.429. The predicted molar refractivity (Wildman–Crippen MR) is 86.5 cm³/mol. The zero-order chi connectivity index (χ0) is 15.4. The summed E-state index contributed by atoms with van der Waals surface area (Å²) in [6, 6.07) is 6.76. The van der Waals surface area contributed by atoms with E-state index in [-0.39, 0.29) is 6.03 Å². The molecule has 0 bridgehead atoms. The maximum atomic E-state index is 12.5. The van der Waals surface area contributed by atoms with Gasteiger partial charge in [-0.05, 0) is 17.7 Å². The molecule has 7 heteroatoms. The summed E-state index contributed by atoms with van der Waals surface area (Å²) in [5.41, 5.74) is 0.999. The Labute approximate surface area is 136 Å². The molecule has 1 aliphatic rings. The highest BCUT2D eigenvalue weighted by molar-refractivity contribution is 9.10. The summed E-state index contributed by atoms with van der Waals surface area (Å²) < 4.78 is 0.957. The largest absolute Gasteiger partial charge is 0.480 e. The number of halogens is 1. The van der Waals surface area contributed by atoms with Gasteiger partial charge in [0.1, 0.15) is 6.04 Å². The third kappa shape index (κ3) is 4.14. The molecule has 1 aromatic carbocycles. The Morgan fingerprint density at radius 3 is 2.95 bits per heavy atom. The molecule has 1 unspecified atom stereocenters. The lowest BCUT2D eigenvalue weighted by Crippen LogP contribution is -2.53. The lowest BCUT2D eigenvalue weighted by Gasteiger charge is -2.35. The van der Waals surface area contributed by atoms with Gasteiger partial charge in [0.15, 0.2) is 0 Å². The van der Waals surface area contributed by atoms with Gasteiger partial charge in [-0.1, -0.05) is 28.1 Å². The minimum Gasteiger partial charge on any atom is -0.480 e. The van der Waals surface area contributed by atoms with Gasteiger partial charge in [0.25, 0.3) is 0 Å². The molecule has 1 heterocycles. The van der Waals surface area contributed by atoms with E-state index in [0.717, 1.165) is 15.8 Å². The Bertz CT molecular complexity index is 541. The van der Waals surface area contributed by atoms with Crippen LogP contribution in [0.5, 0.6) is 0 Å². The summed E-state index contributed by atoms with van der Waals surface area (Å²) in [7, 11) is 1.70. The lowest BCUT2D eigenvalue weighted by atomic mass is 10.2. The average Bonchev–Trinajstić information content (AvgIpc) is 2.46. The summed E-state index contributed by atoms with van der Waals surface area (Å²) >= 11 is 4.97. The number of benzene rings is 1. The van der Waals surface area contributed by atoms with Crippen LogP contribution in [0.2, 0.25) is 0 Å². The molecular weight excluding hydrogens is 356 g/mol. The van der Waals surface area contributed by atoms with Gasteiger partial charge in [0.05, 0.1) is 0 Å². The molecule has 0 aliphatic carbocycles. The van der Waals surface area contributed by atoms with Gasteiger partial charge in [0, 0.05) is 36.1 Å². The number of urea groups is 1. The Hall–Kier alpha value is -1.21. The van der Waals surface area contributed by atoms with Crippen molar-refractivity contribution in [3.63, 3.8) is 0 Å². The Morgan fingerprint density at radius 1 is 1.52 bits per heavy atom. The minimum atomic E-state index is -0.939. The fourth-order valence-corrected chi connectivity index (χ4v) is 3.72. The predicted octanol–water partition coefficient (Wildman–Crippen LogP) is 2.50. The van der Waals surface area contributed by atoms with Crippen molar-refractivity contribution in [2.75, 3.05) is 25.1 Å². The van der Waals surface area contributed by atoms with Crippen molar-refractivity contribution in [3.8, 4) is 0 Å². The van der Waals surface area contributed by atoms with Crippen LogP contribution in [0, 0.1) is 0 Å². The van der Waals surface area contributed by atoms with E-state index in [1.165, 1.54) is 4.90 Å². The van der Waals surface area contributed by atoms with E-state index in [4.69, 9.17) is 0 Å². The summed E-state index contributed by atoms with van der Waals surface area (Å²) in [6.45, 7) is 0.928. The van der Waals surface area contributed by atoms with E-state index in [1.54, 1.807) is 23.7 Å². The van der Waals surface area contributed by atoms with Crippen LogP contribution in [-0.2, 0) is 11.3 Å². The van der Waals surface area contributed by atoms with Crippen molar-refractivity contribution in [3.05, 3.63) is 34.3 Å². The number of nitrogens with zero attached hydrogens (tertiary/aromatic N) is 2. The SMILES string of the molecule is CN(Cc1cccc(Br)c1)C(=O)N1CCSCC1C(=O)O. The van der Waals surface area contributed by atoms with E-state index in [9.17, 15) is 14.7 Å². The number of aliphatic carboxylic acids is 1. The van der Waals surface area contributed by atoms with Gasteiger partial charge in [-0.25, -0.2) is 9.59 Å². The van der Waals surface area contributed by atoms with Crippen LogP contribution >= 0.6 is 27.7 Å². The van der Waals surface area contributed by atoms with Gasteiger partial charge in [-0.15, -0.1) is 0 Å². The molecule has 2 rings (SSSR count). The van der Waals surface area contributed by atoms with E-state index < -0.39 is 12.0 Å². The number of carboxylic acids is 1. The molecule has 1 N–H and O–H groups in total. The lowest BCUT2D eigenvalue weighted by molar-refractivity contribution is -0.141. The van der Waals surface area contributed by atoms with Crippen LogP contribution in [0.4, 0.5) is 4.79 Å². The first kappa shape index (κ1) is 16.2. The van der Waals surface area contributed by atoms with Crippen LogP contribution in [0.1, 0.15) is 5.56 Å². The maximum absolute atomic E-state index is 12.5. The molecule has 21 heavy (non-hydrogen) atoms. The highest BCUT2D eigenvalue weighted by atomic mass is 79.9. The first-order valence-corrected chi connectivity index (χ1v) is 8.50. The Morgan fingerprint density at radius 2 is 2.29 bits per heavy atom. The molecule has 114 valence electrons. The standard InChI is InChI=1S/C14H17BrN2O3S/c1-16(8-10-3-2-4-11(15)7-10)14(20)17-5-6-21-9-12(17)13(18)19/h2-4,7,12H,5-6,8-9H2,1H3,(H,18,19). The second kappa shape index (κ2) is 7.17. The number of carboxylic acid groups (broad SMARTS) is 1. The fourth-order valence-electron chi connectivity index (χ4n) is 2.23. The van der Waals surface area contributed by atoms with Crippen LogP contribution in [0.25, 0.3) is 0 Å². The van der Waals surface area contributed by atoms with E-state index in [1.807, 2.05) is 24.3 Å². The molecule has 2 amide bonds. The third-order valence-corrected chi connectivity index (χ3v) is 4.81. The van der Waals surface area contributed by atoms with Gasteiger partial charge in [-0.2, -0.15) is 11.8 Å². The molecular formula is C14H17BrN2O3S. The van der Waals surface area contributed by atoms with Gasteiger partial charge < -0.3 is 14.9 Å². The molecule has 5 nitrogen and oxygen atoms in total. The van der Waals surface area contributed by atoms with Gasteiger partial charge in [-0.3, -0.25) is 0 Å². The quantitative estimate of drug-likeness (QED) is 0.885. The summed E-state index contributed by atoms with van der Waals surface area (Å²) in [4.78, 5) is 26.8. The van der Waals surface area contributed by atoms with Gasteiger partial charge in [0.2, 0.25) is 0 Å². The molecule has 0 aromatic heterocycles.